The van der Waals surface area contributed by atoms with Crippen LogP contribution in [0.25, 0.3) is 0 Å². The van der Waals surface area contributed by atoms with Crippen LogP contribution < -0.4 is 9.62 Å². The number of amides is 2. The molecule has 218 valence electrons. The SMILES string of the molecule is CCNC(=O)C(Cc1ccccc1)N(Cc1ccc(Br)cc1)C(=O)CN(c1ccc(I)cc1)S(=O)(=O)c1ccccc1. The van der Waals surface area contributed by atoms with Gasteiger partial charge >= 0.3 is 0 Å². The number of nitrogens with one attached hydrogen (secondary N) is 1. The lowest BCUT2D eigenvalue weighted by molar-refractivity contribution is -0.140. The van der Waals surface area contributed by atoms with E-state index in [0.29, 0.717) is 12.2 Å². The summed E-state index contributed by atoms with van der Waals surface area (Å²) in [6.45, 7) is 1.84. The van der Waals surface area contributed by atoms with E-state index in [9.17, 15) is 18.0 Å². The highest BCUT2D eigenvalue weighted by molar-refractivity contribution is 14.1. The first-order chi connectivity index (χ1) is 20.2. The van der Waals surface area contributed by atoms with Gasteiger partial charge < -0.3 is 10.2 Å². The Labute approximate surface area is 269 Å². The molecule has 0 aliphatic heterocycles. The molecule has 0 spiro atoms. The van der Waals surface area contributed by atoms with Gasteiger partial charge in [0.2, 0.25) is 11.8 Å². The quantitative estimate of drug-likeness (QED) is 0.179. The summed E-state index contributed by atoms with van der Waals surface area (Å²) in [7, 11) is -4.11. The Morgan fingerprint density at radius 1 is 0.833 bits per heavy atom. The van der Waals surface area contributed by atoms with Crippen LogP contribution in [0.3, 0.4) is 0 Å². The fourth-order valence-electron chi connectivity index (χ4n) is 4.49. The molecule has 0 saturated carbocycles. The molecule has 42 heavy (non-hydrogen) atoms. The number of rotatable bonds is 12. The summed E-state index contributed by atoms with van der Waals surface area (Å²) in [5.41, 5.74) is 2.04. The number of nitrogens with zero attached hydrogens (tertiary/aromatic N) is 2. The van der Waals surface area contributed by atoms with Crippen molar-refractivity contribution in [3.05, 3.63) is 128 Å². The normalized spacial score (nSPS) is 11.9. The van der Waals surface area contributed by atoms with E-state index in [-0.39, 0.29) is 23.8 Å². The zero-order valence-electron chi connectivity index (χ0n) is 23.0. The minimum absolute atomic E-state index is 0.0698. The average Bonchev–Trinajstić information content (AvgIpc) is 3.00. The summed E-state index contributed by atoms with van der Waals surface area (Å²) in [4.78, 5) is 29.4. The molecule has 2 amide bonds. The van der Waals surface area contributed by atoms with Crippen LogP contribution in [0.2, 0.25) is 0 Å². The third kappa shape index (κ3) is 8.20. The molecule has 1 N–H and O–H groups in total. The third-order valence-corrected chi connectivity index (χ3v) is 9.65. The molecular formula is C32H31BrIN3O4S. The summed E-state index contributed by atoms with van der Waals surface area (Å²) in [6, 6.07) is 31.1. The van der Waals surface area contributed by atoms with Gasteiger partial charge in [-0.3, -0.25) is 13.9 Å². The van der Waals surface area contributed by atoms with Crippen molar-refractivity contribution < 1.29 is 18.0 Å². The summed E-state index contributed by atoms with van der Waals surface area (Å²) >= 11 is 5.59. The Hall–Kier alpha value is -3.22. The van der Waals surface area contributed by atoms with Gasteiger partial charge in [-0.1, -0.05) is 76.6 Å². The van der Waals surface area contributed by atoms with Crippen LogP contribution in [-0.4, -0.2) is 44.3 Å². The highest BCUT2D eigenvalue weighted by Crippen LogP contribution is 2.26. The summed E-state index contributed by atoms with van der Waals surface area (Å²) in [6.07, 6.45) is 0.268. The van der Waals surface area contributed by atoms with Crippen molar-refractivity contribution in [2.45, 2.75) is 30.8 Å². The number of sulfonamides is 1. The van der Waals surface area contributed by atoms with Crippen LogP contribution in [0.5, 0.6) is 0 Å². The zero-order chi connectivity index (χ0) is 30.1. The highest BCUT2D eigenvalue weighted by atomic mass is 127. The van der Waals surface area contributed by atoms with Crippen LogP contribution in [0.4, 0.5) is 5.69 Å². The van der Waals surface area contributed by atoms with Crippen molar-refractivity contribution in [3.8, 4) is 0 Å². The number of benzene rings is 4. The third-order valence-electron chi connectivity index (χ3n) is 6.61. The minimum Gasteiger partial charge on any atom is -0.355 e. The second-order valence-electron chi connectivity index (χ2n) is 9.55. The van der Waals surface area contributed by atoms with Crippen molar-refractivity contribution in [1.82, 2.24) is 10.2 Å². The molecule has 0 bridgehead atoms. The number of likely N-dealkylation sites (N-methyl/N-ethyl adjacent to an activating group) is 1. The zero-order valence-corrected chi connectivity index (χ0v) is 27.5. The molecule has 0 radical (unpaired) electrons. The largest absolute Gasteiger partial charge is 0.355 e. The van der Waals surface area contributed by atoms with E-state index in [4.69, 9.17) is 0 Å². The Balaban J connectivity index is 1.78. The number of carbonyl (C=O) groups is 2. The van der Waals surface area contributed by atoms with E-state index in [2.05, 4.69) is 43.8 Å². The van der Waals surface area contributed by atoms with Gasteiger partial charge in [-0.25, -0.2) is 8.42 Å². The fourth-order valence-corrected chi connectivity index (χ4v) is 6.55. The second-order valence-corrected chi connectivity index (χ2v) is 13.6. The maximum absolute atomic E-state index is 14.3. The summed E-state index contributed by atoms with van der Waals surface area (Å²) in [5.74, 6) is -0.804. The maximum atomic E-state index is 14.3. The predicted octanol–water partition coefficient (Wildman–Crippen LogP) is 6.03. The molecule has 7 nitrogen and oxygen atoms in total. The van der Waals surface area contributed by atoms with Crippen LogP contribution in [0.15, 0.2) is 119 Å². The Kier molecular flexibility index (Phi) is 11.2. The minimum atomic E-state index is -4.11. The van der Waals surface area contributed by atoms with Gasteiger partial charge in [0, 0.05) is 27.6 Å². The van der Waals surface area contributed by atoms with Crippen LogP contribution >= 0.6 is 38.5 Å². The molecule has 0 aliphatic rings. The lowest BCUT2D eigenvalue weighted by Gasteiger charge is -2.33. The highest BCUT2D eigenvalue weighted by Gasteiger charge is 2.34. The van der Waals surface area contributed by atoms with E-state index >= 15 is 0 Å². The molecule has 4 rings (SSSR count). The van der Waals surface area contributed by atoms with Crippen LogP contribution in [0, 0.1) is 3.57 Å². The fraction of sp³-hybridized carbons (Fsp3) is 0.188. The maximum Gasteiger partial charge on any atom is 0.264 e. The van der Waals surface area contributed by atoms with Crippen LogP contribution in [-0.2, 0) is 32.6 Å². The molecule has 0 fully saturated rings. The number of hydrogen-bond acceptors (Lipinski definition) is 4. The van der Waals surface area contributed by atoms with Crippen LogP contribution in [0.1, 0.15) is 18.1 Å². The van der Waals surface area contributed by atoms with Gasteiger partial charge in [0.1, 0.15) is 12.6 Å². The van der Waals surface area contributed by atoms with E-state index in [1.165, 1.54) is 17.0 Å². The van der Waals surface area contributed by atoms with Gasteiger partial charge in [-0.2, -0.15) is 0 Å². The Morgan fingerprint density at radius 2 is 1.43 bits per heavy atom. The van der Waals surface area contributed by atoms with Gasteiger partial charge in [0.05, 0.1) is 10.6 Å². The molecule has 4 aromatic rings. The lowest BCUT2D eigenvalue weighted by atomic mass is 10.0. The first-order valence-corrected chi connectivity index (χ1v) is 16.7. The van der Waals surface area contributed by atoms with Crippen molar-refractivity contribution in [2.24, 2.45) is 0 Å². The molecule has 0 heterocycles. The monoisotopic (exact) mass is 759 g/mol. The smallest absolute Gasteiger partial charge is 0.264 e. The first kappa shape index (κ1) is 31.7. The molecular weight excluding hydrogens is 729 g/mol. The van der Waals surface area contributed by atoms with Gasteiger partial charge in [-0.15, -0.1) is 0 Å². The molecule has 0 aromatic heterocycles. The predicted molar refractivity (Wildman–Crippen MR) is 177 cm³/mol. The topological polar surface area (TPSA) is 86.8 Å². The van der Waals surface area contributed by atoms with Gasteiger partial charge in [0.15, 0.2) is 0 Å². The van der Waals surface area contributed by atoms with E-state index in [0.717, 1.165) is 23.5 Å². The van der Waals surface area contributed by atoms with Crippen molar-refractivity contribution in [2.75, 3.05) is 17.4 Å². The van der Waals surface area contributed by atoms with Crippen molar-refractivity contribution in [3.63, 3.8) is 0 Å². The molecule has 0 aliphatic carbocycles. The average molecular weight is 760 g/mol. The Bertz CT molecular complexity index is 1590. The number of halogens is 2. The molecule has 0 saturated heterocycles. The number of anilines is 1. The van der Waals surface area contributed by atoms with Gasteiger partial charge in [-0.05, 0) is 89.2 Å². The Morgan fingerprint density at radius 3 is 2.02 bits per heavy atom. The molecule has 1 atom stereocenters. The van der Waals surface area contributed by atoms with E-state index < -0.39 is 28.5 Å². The molecule has 1 unspecified atom stereocenters. The number of carbonyl (C=O) groups excluding carboxylic acids is 2. The lowest BCUT2D eigenvalue weighted by Crippen LogP contribution is -2.53. The van der Waals surface area contributed by atoms with E-state index in [1.54, 1.807) is 42.5 Å². The van der Waals surface area contributed by atoms with E-state index in [1.807, 2.05) is 61.5 Å². The number of hydrogen-bond donors (Lipinski definition) is 1. The molecule has 4 aromatic carbocycles. The van der Waals surface area contributed by atoms with Gasteiger partial charge in [0.25, 0.3) is 10.0 Å². The molecule has 10 heteroatoms. The first-order valence-electron chi connectivity index (χ1n) is 13.4. The second kappa shape index (κ2) is 14.8. The summed E-state index contributed by atoms with van der Waals surface area (Å²) in [5, 5.41) is 2.87. The standard InChI is InChI=1S/C32H31BrIN3O4S/c1-2-35-32(39)30(21-24-9-5-3-6-10-24)36(22-25-13-15-26(33)16-14-25)31(38)23-37(28-19-17-27(34)18-20-28)42(40,41)29-11-7-4-8-12-29/h3-20,30H,2,21-23H2,1H3,(H,35,39). The van der Waals surface area contributed by atoms with Crippen molar-refractivity contribution >= 4 is 66.0 Å². The summed E-state index contributed by atoms with van der Waals surface area (Å²) < 4.78 is 30.8. The van der Waals surface area contributed by atoms with Crippen molar-refractivity contribution in [1.29, 1.82) is 0 Å².